The van der Waals surface area contributed by atoms with Crippen molar-refractivity contribution in [2.75, 3.05) is 7.11 Å². The third-order valence-corrected chi connectivity index (χ3v) is 2.36. The van der Waals surface area contributed by atoms with Crippen LogP contribution in [0.1, 0.15) is 5.56 Å². The van der Waals surface area contributed by atoms with Crippen LogP contribution < -0.4 is 9.47 Å². The van der Waals surface area contributed by atoms with E-state index in [9.17, 15) is 0 Å². The molecule has 2 rings (SSSR count). The largest absolute Gasteiger partial charge is 0.497 e. The summed E-state index contributed by atoms with van der Waals surface area (Å²) in [5.41, 5.74) is 1.12. The molecule has 0 atom stereocenters. The standard InChI is InChI=1S/C14H14O2/c1-11-6-3-4-9-14(11)16-13-8-5-7-12(10-13)15-2/h3-10H,1-2H3. The highest BCUT2D eigenvalue weighted by atomic mass is 16.5. The third kappa shape index (κ3) is 2.34. The maximum Gasteiger partial charge on any atom is 0.131 e. The summed E-state index contributed by atoms with van der Waals surface area (Å²) in [6, 6.07) is 15.5. The van der Waals surface area contributed by atoms with Crippen molar-refractivity contribution in [1.29, 1.82) is 0 Å². The number of rotatable bonds is 3. The van der Waals surface area contributed by atoms with Gasteiger partial charge in [-0.3, -0.25) is 0 Å². The molecule has 0 radical (unpaired) electrons. The van der Waals surface area contributed by atoms with Crippen LogP contribution in [-0.4, -0.2) is 7.11 Å². The topological polar surface area (TPSA) is 18.5 Å². The first kappa shape index (κ1) is 10.6. The molecule has 0 aliphatic carbocycles. The molecule has 2 nitrogen and oxygen atoms in total. The molecule has 0 spiro atoms. The molecule has 0 aromatic heterocycles. The molecule has 0 saturated carbocycles. The second-order valence-corrected chi connectivity index (χ2v) is 3.55. The number of benzene rings is 2. The van der Waals surface area contributed by atoms with Gasteiger partial charge in [-0.05, 0) is 30.7 Å². The Bertz CT molecular complexity index is 478. The van der Waals surface area contributed by atoms with Crippen LogP contribution in [0.5, 0.6) is 17.2 Å². The lowest BCUT2D eigenvalue weighted by Gasteiger charge is -2.09. The smallest absolute Gasteiger partial charge is 0.131 e. The number of hydrogen-bond donors (Lipinski definition) is 0. The number of ether oxygens (including phenoxy) is 2. The predicted octanol–water partition coefficient (Wildman–Crippen LogP) is 3.80. The first-order valence-corrected chi connectivity index (χ1v) is 5.17. The lowest BCUT2D eigenvalue weighted by atomic mass is 10.2. The third-order valence-electron chi connectivity index (χ3n) is 2.36. The van der Waals surface area contributed by atoms with Crippen molar-refractivity contribution in [3.8, 4) is 17.2 Å². The van der Waals surface area contributed by atoms with Crippen LogP contribution >= 0.6 is 0 Å². The van der Waals surface area contributed by atoms with E-state index in [1.807, 2.05) is 55.5 Å². The Morgan fingerprint density at radius 2 is 1.62 bits per heavy atom. The maximum absolute atomic E-state index is 5.77. The Morgan fingerprint density at radius 1 is 0.875 bits per heavy atom. The minimum atomic E-state index is 0.786. The molecular weight excluding hydrogens is 200 g/mol. The molecule has 0 heterocycles. The van der Waals surface area contributed by atoms with Crippen LogP contribution in [0.3, 0.4) is 0 Å². The predicted molar refractivity (Wildman–Crippen MR) is 64.2 cm³/mol. The van der Waals surface area contributed by atoms with Gasteiger partial charge in [-0.25, -0.2) is 0 Å². The zero-order valence-electron chi connectivity index (χ0n) is 9.44. The zero-order chi connectivity index (χ0) is 11.4. The van der Waals surface area contributed by atoms with Crippen molar-refractivity contribution >= 4 is 0 Å². The molecule has 0 bridgehead atoms. The van der Waals surface area contributed by atoms with E-state index in [1.54, 1.807) is 7.11 Å². The molecule has 2 aromatic carbocycles. The van der Waals surface area contributed by atoms with E-state index in [0.717, 1.165) is 22.8 Å². The van der Waals surface area contributed by atoms with Crippen LogP contribution in [0.25, 0.3) is 0 Å². The van der Waals surface area contributed by atoms with Gasteiger partial charge in [0.2, 0.25) is 0 Å². The van der Waals surface area contributed by atoms with E-state index >= 15 is 0 Å². The average Bonchev–Trinajstić information content (AvgIpc) is 2.32. The van der Waals surface area contributed by atoms with Gasteiger partial charge in [0.1, 0.15) is 17.2 Å². The Balaban J connectivity index is 2.24. The van der Waals surface area contributed by atoms with Gasteiger partial charge < -0.3 is 9.47 Å². The lowest BCUT2D eigenvalue weighted by molar-refractivity contribution is 0.409. The van der Waals surface area contributed by atoms with Gasteiger partial charge in [0.15, 0.2) is 0 Å². The average molecular weight is 214 g/mol. The van der Waals surface area contributed by atoms with Gasteiger partial charge in [-0.2, -0.15) is 0 Å². The maximum atomic E-state index is 5.77. The Kier molecular flexibility index (Phi) is 3.10. The second kappa shape index (κ2) is 4.71. The molecule has 2 aromatic rings. The van der Waals surface area contributed by atoms with Gasteiger partial charge in [-0.15, -0.1) is 0 Å². The van der Waals surface area contributed by atoms with E-state index in [4.69, 9.17) is 9.47 Å². The summed E-state index contributed by atoms with van der Waals surface area (Å²) in [4.78, 5) is 0. The fraction of sp³-hybridized carbons (Fsp3) is 0.143. The van der Waals surface area contributed by atoms with Crippen LogP contribution in [0.4, 0.5) is 0 Å². The molecule has 0 N–H and O–H groups in total. The van der Waals surface area contributed by atoms with Crippen molar-refractivity contribution in [3.05, 3.63) is 54.1 Å². The molecule has 0 unspecified atom stereocenters. The number of aryl methyl sites for hydroxylation is 1. The highest BCUT2D eigenvalue weighted by Gasteiger charge is 2.01. The normalized spacial score (nSPS) is 9.88. The monoisotopic (exact) mass is 214 g/mol. The first-order chi connectivity index (χ1) is 7.79. The second-order valence-electron chi connectivity index (χ2n) is 3.55. The Morgan fingerprint density at radius 3 is 2.38 bits per heavy atom. The molecule has 16 heavy (non-hydrogen) atoms. The summed E-state index contributed by atoms with van der Waals surface area (Å²) >= 11 is 0. The van der Waals surface area contributed by atoms with Crippen LogP contribution in [-0.2, 0) is 0 Å². The number of hydrogen-bond acceptors (Lipinski definition) is 2. The van der Waals surface area contributed by atoms with Gasteiger partial charge in [0, 0.05) is 6.07 Å². The highest BCUT2D eigenvalue weighted by molar-refractivity contribution is 5.39. The fourth-order valence-corrected chi connectivity index (χ4v) is 1.46. The SMILES string of the molecule is COc1cccc(Oc2ccccc2C)c1. The van der Waals surface area contributed by atoms with E-state index in [0.29, 0.717) is 0 Å². The van der Waals surface area contributed by atoms with Crippen molar-refractivity contribution in [3.63, 3.8) is 0 Å². The van der Waals surface area contributed by atoms with Gasteiger partial charge in [-0.1, -0.05) is 24.3 Å². The summed E-state index contributed by atoms with van der Waals surface area (Å²) in [5.74, 6) is 2.45. The Labute approximate surface area is 95.4 Å². The minimum absolute atomic E-state index is 0.786. The summed E-state index contributed by atoms with van der Waals surface area (Å²) in [5, 5.41) is 0. The zero-order valence-corrected chi connectivity index (χ0v) is 9.44. The highest BCUT2D eigenvalue weighted by Crippen LogP contribution is 2.27. The number of methoxy groups -OCH3 is 1. The van der Waals surface area contributed by atoms with Crippen LogP contribution in [0, 0.1) is 6.92 Å². The fourth-order valence-electron chi connectivity index (χ4n) is 1.46. The summed E-state index contributed by atoms with van der Waals surface area (Å²) in [6.45, 7) is 2.02. The van der Waals surface area contributed by atoms with Gasteiger partial charge in [0.25, 0.3) is 0 Å². The van der Waals surface area contributed by atoms with E-state index in [1.165, 1.54) is 0 Å². The van der Waals surface area contributed by atoms with Gasteiger partial charge >= 0.3 is 0 Å². The van der Waals surface area contributed by atoms with Crippen molar-refractivity contribution in [2.24, 2.45) is 0 Å². The quantitative estimate of drug-likeness (QED) is 0.773. The molecule has 0 fully saturated rings. The summed E-state index contributed by atoms with van der Waals surface area (Å²) in [6.07, 6.45) is 0. The van der Waals surface area contributed by atoms with E-state index < -0.39 is 0 Å². The van der Waals surface area contributed by atoms with Crippen molar-refractivity contribution in [2.45, 2.75) is 6.92 Å². The molecular formula is C14H14O2. The first-order valence-electron chi connectivity index (χ1n) is 5.17. The molecule has 0 aliphatic heterocycles. The van der Waals surface area contributed by atoms with E-state index in [2.05, 4.69) is 0 Å². The van der Waals surface area contributed by atoms with Gasteiger partial charge in [0.05, 0.1) is 7.11 Å². The molecule has 0 saturated heterocycles. The number of para-hydroxylation sites is 1. The minimum Gasteiger partial charge on any atom is -0.497 e. The molecule has 0 aliphatic rings. The van der Waals surface area contributed by atoms with Crippen molar-refractivity contribution < 1.29 is 9.47 Å². The lowest BCUT2D eigenvalue weighted by Crippen LogP contribution is -1.88. The molecule has 0 amide bonds. The molecule has 82 valence electrons. The summed E-state index contributed by atoms with van der Waals surface area (Å²) in [7, 11) is 1.65. The summed E-state index contributed by atoms with van der Waals surface area (Å²) < 4.78 is 10.9. The van der Waals surface area contributed by atoms with Crippen LogP contribution in [0.2, 0.25) is 0 Å². The van der Waals surface area contributed by atoms with E-state index in [-0.39, 0.29) is 0 Å². The van der Waals surface area contributed by atoms with Crippen molar-refractivity contribution in [1.82, 2.24) is 0 Å². The van der Waals surface area contributed by atoms with Crippen LogP contribution in [0.15, 0.2) is 48.5 Å². The Hall–Kier alpha value is -1.96. The molecule has 2 heteroatoms.